The zero-order valence-electron chi connectivity index (χ0n) is 20.5. The van der Waals surface area contributed by atoms with Gasteiger partial charge in [0.2, 0.25) is 0 Å². The highest BCUT2D eigenvalue weighted by Crippen LogP contribution is 2.29. The van der Waals surface area contributed by atoms with Crippen molar-refractivity contribution in [2.75, 3.05) is 37.4 Å². The SMILES string of the molecule is CN(C)C(=O)c1ccc(F)c(-c2nc(C(=O)Nc3cnn(C)c3N3CCCC(N)CC3)ccc2F)c1. The molecule has 0 spiro atoms. The first-order chi connectivity index (χ1) is 17.2. The predicted octanol–water partition coefficient (Wildman–Crippen LogP) is 3.03. The van der Waals surface area contributed by atoms with Crippen LogP contribution in [0.1, 0.15) is 40.1 Å². The summed E-state index contributed by atoms with van der Waals surface area (Å²) < 4.78 is 31.0. The predicted molar refractivity (Wildman–Crippen MR) is 133 cm³/mol. The number of rotatable bonds is 5. The standard InChI is InChI=1S/C25H29F2N7O2/c1-32(2)25(36)15-6-7-18(26)17(13-15)22-19(27)8-9-20(30-22)23(35)31-21-14-29-33(3)24(21)34-11-4-5-16(28)10-12-34/h6-9,13-14,16H,4-5,10-12,28H2,1-3H3,(H,31,35). The minimum absolute atomic E-state index is 0.108. The molecule has 0 radical (unpaired) electrons. The zero-order chi connectivity index (χ0) is 26.0. The number of anilines is 2. The quantitative estimate of drug-likeness (QED) is 0.561. The summed E-state index contributed by atoms with van der Waals surface area (Å²) in [5.41, 5.74) is 6.08. The number of nitrogens with zero attached hydrogens (tertiary/aromatic N) is 5. The molecule has 36 heavy (non-hydrogen) atoms. The van der Waals surface area contributed by atoms with E-state index in [-0.39, 0.29) is 34.5 Å². The van der Waals surface area contributed by atoms with E-state index < -0.39 is 17.5 Å². The number of carbonyl (C=O) groups excluding carboxylic acids is 2. The molecule has 0 bridgehead atoms. The average Bonchev–Trinajstić information content (AvgIpc) is 3.06. The van der Waals surface area contributed by atoms with Gasteiger partial charge in [0, 0.05) is 51.4 Å². The molecule has 1 unspecified atom stereocenters. The monoisotopic (exact) mass is 497 g/mol. The van der Waals surface area contributed by atoms with Gasteiger partial charge in [-0.3, -0.25) is 14.3 Å². The third-order valence-corrected chi connectivity index (χ3v) is 6.18. The first-order valence-electron chi connectivity index (χ1n) is 11.7. The second kappa shape index (κ2) is 10.4. The molecule has 3 N–H and O–H groups in total. The maximum absolute atomic E-state index is 14.7. The lowest BCUT2D eigenvalue weighted by atomic mass is 10.0. The minimum atomic E-state index is -0.817. The third kappa shape index (κ3) is 5.20. The van der Waals surface area contributed by atoms with Gasteiger partial charge in [0.15, 0.2) is 5.82 Å². The first kappa shape index (κ1) is 25.2. The number of pyridine rings is 1. The second-order valence-electron chi connectivity index (χ2n) is 9.06. The second-order valence-corrected chi connectivity index (χ2v) is 9.06. The van der Waals surface area contributed by atoms with E-state index in [1.165, 1.54) is 23.1 Å². The molecule has 1 aliphatic heterocycles. The Hall–Kier alpha value is -3.86. The molecule has 11 heteroatoms. The number of halogens is 2. The minimum Gasteiger partial charge on any atom is -0.355 e. The fourth-order valence-electron chi connectivity index (χ4n) is 4.27. The van der Waals surface area contributed by atoms with Crippen molar-refractivity contribution in [3.8, 4) is 11.3 Å². The molecular weight excluding hydrogens is 468 g/mol. The van der Waals surface area contributed by atoms with Gasteiger partial charge in [-0.2, -0.15) is 5.10 Å². The van der Waals surface area contributed by atoms with Crippen LogP contribution in [0.2, 0.25) is 0 Å². The summed E-state index contributed by atoms with van der Waals surface area (Å²) in [6.07, 6.45) is 4.21. The molecule has 1 aromatic carbocycles. The van der Waals surface area contributed by atoms with Crippen LogP contribution in [0, 0.1) is 11.6 Å². The highest BCUT2D eigenvalue weighted by Gasteiger charge is 2.23. The smallest absolute Gasteiger partial charge is 0.274 e. The van der Waals surface area contributed by atoms with E-state index in [0.717, 1.165) is 50.3 Å². The molecular formula is C25H29F2N7O2. The topological polar surface area (TPSA) is 109 Å². The van der Waals surface area contributed by atoms with E-state index in [4.69, 9.17) is 5.73 Å². The fraction of sp³-hybridized carbons (Fsp3) is 0.360. The van der Waals surface area contributed by atoms with Crippen LogP contribution in [-0.2, 0) is 7.05 Å². The Balaban J connectivity index is 1.63. The molecule has 4 rings (SSSR count). The van der Waals surface area contributed by atoms with Crippen LogP contribution >= 0.6 is 0 Å². The van der Waals surface area contributed by atoms with Crippen molar-refractivity contribution in [2.45, 2.75) is 25.3 Å². The van der Waals surface area contributed by atoms with E-state index in [2.05, 4.69) is 20.3 Å². The van der Waals surface area contributed by atoms with Crippen molar-refractivity contribution in [2.24, 2.45) is 12.8 Å². The Labute approximate surface area is 207 Å². The van der Waals surface area contributed by atoms with Crippen molar-refractivity contribution >= 4 is 23.3 Å². The molecule has 2 aromatic heterocycles. The van der Waals surface area contributed by atoms with Crippen LogP contribution in [0.4, 0.5) is 20.3 Å². The van der Waals surface area contributed by atoms with Gasteiger partial charge in [0.1, 0.15) is 28.7 Å². The van der Waals surface area contributed by atoms with E-state index in [9.17, 15) is 18.4 Å². The largest absolute Gasteiger partial charge is 0.355 e. The van der Waals surface area contributed by atoms with Crippen LogP contribution in [0.25, 0.3) is 11.3 Å². The van der Waals surface area contributed by atoms with Crippen LogP contribution < -0.4 is 16.0 Å². The molecule has 1 saturated heterocycles. The fourth-order valence-corrected chi connectivity index (χ4v) is 4.27. The Morgan fingerprint density at radius 2 is 1.86 bits per heavy atom. The number of nitrogens with two attached hydrogens (primary N) is 1. The van der Waals surface area contributed by atoms with Crippen molar-refractivity contribution in [1.82, 2.24) is 19.7 Å². The van der Waals surface area contributed by atoms with Gasteiger partial charge in [-0.1, -0.05) is 0 Å². The van der Waals surface area contributed by atoms with E-state index in [1.807, 2.05) is 0 Å². The molecule has 1 aliphatic rings. The Kier molecular flexibility index (Phi) is 7.30. The van der Waals surface area contributed by atoms with Crippen molar-refractivity contribution in [3.05, 3.63) is 59.4 Å². The van der Waals surface area contributed by atoms with Gasteiger partial charge < -0.3 is 20.9 Å². The first-order valence-corrected chi connectivity index (χ1v) is 11.7. The molecule has 3 heterocycles. The van der Waals surface area contributed by atoms with E-state index in [0.29, 0.717) is 5.69 Å². The van der Waals surface area contributed by atoms with Crippen molar-refractivity contribution < 1.29 is 18.4 Å². The third-order valence-electron chi connectivity index (χ3n) is 6.18. The van der Waals surface area contributed by atoms with E-state index >= 15 is 0 Å². The number of hydrogen-bond acceptors (Lipinski definition) is 6. The van der Waals surface area contributed by atoms with Gasteiger partial charge in [-0.05, 0) is 49.6 Å². The highest BCUT2D eigenvalue weighted by molar-refractivity contribution is 6.04. The van der Waals surface area contributed by atoms with Gasteiger partial charge in [-0.25, -0.2) is 13.8 Å². The lowest BCUT2D eigenvalue weighted by molar-refractivity contribution is 0.0827. The van der Waals surface area contributed by atoms with E-state index in [1.54, 1.807) is 32.0 Å². The summed E-state index contributed by atoms with van der Waals surface area (Å²) in [6, 6.07) is 6.03. The van der Waals surface area contributed by atoms with Crippen LogP contribution in [0.5, 0.6) is 0 Å². The number of hydrogen-bond donors (Lipinski definition) is 2. The molecule has 2 amide bonds. The average molecular weight is 498 g/mol. The van der Waals surface area contributed by atoms with Gasteiger partial charge in [-0.15, -0.1) is 0 Å². The lowest BCUT2D eigenvalue weighted by Crippen LogP contribution is -2.29. The lowest BCUT2D eigenvalue weighted by Gasteiger charge is -2.24. The molecule has 0 aliphatic carbocycles. The number of amides is 2. The zero-order valence-corrected chi connectivity index (χ0v) is 20.5. The maximum atomic E-state index is 14.7. The molecule has 9 nitrogen and oxygen atoms in total. The summed E-state index contributed by atoms with van der Waals surface area (Å²) in [5, 5.41) is 7.08. The number of aryl methyl sites for hydroxylation is 1. The summed E-state index contributed by atoms with van der Waals surface area (Å²) >= 11 is 0. The van der Waals surface area contributed by atoms with Crippen molar-refractivity contribution in [1.29, 1.82) is 0 Å². The van der Waals surface area contributed by atoms with Gasteiger partial charge in [0.05, 0.1) is 6.20 Å². The number of nitrogens with one attached hydrogen (secondary N) is 1. The molecule has 1 fully saturated rings. The van der Waals surface area contributed by atoms with Crippen molar-refractivity contribution in [3.63, 3.8) is 0 Å². The normalized spacial score (nSPS) is 15.9. The highest BCUT2D eigenvalue weighted by atomic mass is 19.1. The maximum Gasteiger partial charge on any atom is 0.274 e. The Morgan fingerprint density at radius 1 is 1.11 bits per heavy atom. The summed E-state index contributed by atoms with van der Waals surface area (Å²) in [4.78, 5) is 33.0. The Bertz CT molecular complexity index is 1290. The molecule has 1 atom stereocenters. The molecule has 190 valence electrons. The van der Waals surface area contributed by atoms with Crippen LogP contribution in [-0.4, -0.2) is 64.7 Å². The summed E-state index contributed by atoms with van der Waals surface area (Å²) in [5.74, 6) is -1.81. The van der Waals surface area contributed by atoms with Crippen LogP contribution in [0.3, 0.4) is 0 Å². The van der Waals surface area contributed by atoms with Gasteiger partial charge in [0.25, 0.3) is 11.8 Å². The van der Waals surface area contributed by atoms with Gasteiger partial charge >= 0.3 is 0 Å². The number of benzene rings is 1. The summed E-state index contributed by atoms with van der Waals surface area (Å²) in [7, 11) is 4.90. The van der Waals surface area contributed by atoms with Crippen LogP contribution in [0.15, 0.2) is 36.5 Å². The Morgan fingerprint density at radius 3 is 2.61 bits per heavy atom. The number of aromatic nitrogens is 3. The molecule has 0 saturated carbocycles. The number of carbonyl (C=O) groups is 2. The molecule has 3 aromatic rings. The summed E-state index contributed by atoms with van der Waals surface area (Å²) in [6.45, 7) is 1.50.